The minimum atomic E-state index is -1.29. The summed E-state index contributed by atoms with van der Waals surface area (Å²) in [5.74, 6) is -4.24. The lowest BCUT2D eigenvalue weighted by Crippen LogP contribution is -2.59. The maximum Gasteiger partial charge on any atom is 0.270 e. The van der Waals surface area contributed by atoms with Gasteiger partial charge in [0.25, 0.3) is 5.91 Å². The third kappa shape index (κ3) is 5.93. The summed E-state index contributed by atoms with van der Waals surface area (Å²) in [5.41, 5.74) is 5.61. The molecule has 6 nitrogen and oxygen atoms in total. The second-order valence-electron chi connectivity index (χ2n) is 8.13. The summed E-state index contributed by atoms with van der Waals surface area (Å²) in [6.07, 6.45) is -1.41. The normalized spacial score (nSPS) is 18.8. The summed E-state index contributed by atoms with van der Waals surface area (Å²) >= 11 is 0. The molecule has 1 fully saturated rings. The highest BCUT2D eigenvalue weighted by Gasteiger charge is 2.35. The average molecular weight is 401 g/mol. The van der Waals surface area contributed by atoms with Crippen LogP contribution in [0.5, 0.6) is 0 Å². The summed E-state index contributed by atoms with van der Waals surface area (Å²) in [5, 5.41) is 2.65. The molecule has 9 heteroatoms. The summed E-state index contributed by atoms with van der Waals surface area (Å²) in [7, 11) is 0. The highest BCUT2D eigenvalue weighted by molar-refractivity contribution is 5.87. The molecule has 3 N–H and O–H groups in total. The molecule has 0 aliphatic carbocycles. The number of carbonyl (C=O) groups excluding carboxylic acids is 2. The van der Waals surface area contributed by atoms with Gasteiger partial charge in [-0.15, -0.1) is 0 Å². The predicted molar refractivity (Wildman–Crippen MR) is 96.5 cm³/mol. The van der Waals surface area contributed by atoms with Crippen molar-refractivity contribution in [3.05, 3.63) is 35.1 Å². The van der Waals surface area contributed by atoms with Crippen molar-refractivity contribution in [3.8, 4) is 0 Å². The van der Waals surface area contributed by atoms with Crippen LogP contribution < -0.4 is 11.1 Å². The first-order chi connectivity index (χ1) is 13.0. The molecular weight excluding hydrogens is 375 g/mol. The molecule has 0 aromatic heterocycles. The number of ether oxygens (including phenoxy) is 1. The Morgan fingerprint density at radius 2 is 1.93 bits per heavy atom. The number of nitrogens with two attached hydrogens (primary N) is 1. The van der Waals surface area contributed by atoms with Crippen LogP contribution in [-0.2, 0) is 20.7 Å². The van der Waals surface area contributed by atoms with Crippen molar-refractivity contribution in [2.24, 2.45) is 11.1 Å². The van der Waals surface area contributed by atoms with E-state index in [1.165, 1.54) is 4.90 Å². The molecule has 1 heterocycles. The van der Waals surface area contributed by atoms with Gasteiger partial charge >= 0.3 is 0 Å². The fraction of sp³-hybridized carbons (Fsp3) is 0.579. The first-order valence-electron chi connectivity index (χ1n) is 9.06. The molecular formula is C19H26F3N3O3. The van der Waals surface area contributed by atoms with E-state index in [9.17, 15) is 22.8 Å². The van der Waals surface area contributed by atoms with Gasteiger partial charge < -0.3 is 20.7 Å². The SMILES string of the molecule is CC(C)(C)CO[C@@H]1C(=O)NCCN1C(=O)C[C@@H](N)Cc1cc(F)c(F)cc1F. The maximum absolute atomic E-state index is 13.8. The number of carbonyl (C=O) groups is 2. The smallest absolute Gasteiger partial charge is 0.270 e. The summed E-state index contributed by atoms with van der Waals surface area (Å²) in [4.78, 5) is 26.1. The number of hydrogen-bond acceptors (Lipinski definition) is 4. The lowest BCUT2D eigenvalue weighted by Gasteiger charge is -2.36. The fourth-order valence-electron chi connectivity index (χ4n) is 2.81. The zero-order valence-electron chi connectivity index (χ0n) is 16.2. The molecule has 1 aliphatic rings. The molecule has 0 radical (unpaired) electrons. The molecule has 2 atom stereocenters. The van der Waals surface area contributed by atoms with Crippen LogP contribution in [0, 0.1) is 22.9 Å². The number of benzene rings is 1. The number of nitrogens with zero attached hydrogens (tertiary/aromatic N) is 1. The summed E-state index contributed by atoms with van der Waals surface area (Å²) in [6, 6.07) is 0.350. The van der Waals surface area contributed by atoms with Crippen molar-refractivity contribution in [1.82, 2.24) is 10.2 Å². The molecule has 1 saturated heterocycles. The Balaban J connectivity index is 2.02. The van der Waals surface area contributed by atoms with Crippen LogP contribution in [0.4, 0.5) is 13.2 Å². The highest BCUT2D eigenvalue weighted by atomic mass is 19.2. The van der Waals surface area contributed by atoms with Gasteiger partial charge in [0.1, 0.15) is 5.82 Å². The zero-order chi connectivity index (χ0) is 21.1. The van der Waals surface area contributed by atoms with Crippen molar-refractivity contribution in [2.45, 2.75) is 45.9 Å². The molecule has 0 bridgehead atoms. The van der Waals surface area contributed by atoms with Crippen LogP contribution >= 0.6 is 0 Å². The molecule has 28 heavy (non-hydrogen) atoms. The van der Waals surface area contributed by atoms with E-state index in [2.05, 4.69) is 5.32 Å². The van der Waals surface area contributed by atoms with Gasteiger partial charge in [-0.2, -0.15) is 0 Å². The van der Waals surface area contributed by atoms with E-state index in [1.54, 1.807) is 0 Å². The van der Waals surface area contributed by atoms with Crippen molar-refractivity contribution >= 4 is 11.8 Å². The Bertz CT molecular complexity index is 737. The number of hydrogen-bond donors (Lipinski definition) is 2. The van der Waals surface area contributed by atoms with Gasteiger partial charge in [-0.1, -0.05) is 20.8 Å². The van der Waals surface area contributed by atoms with Gasteiger partial charge in [0.05, 0.1) is 6.61 Å². The highest BCUT2D eigenvalue weighted by Crippen LogP contribution is 2.19. The monoisotopic (exact) mass is 401 g/mol. The summed E-state index contributed by atoms with van der Waals surface area (Å²) in [6.45, 7) is 6.62. The molecule has 1 aliphatic heterocycles. The first-order valence-corrected chi connectivity index (χ1v) is 9.06. The molecule has 156 valence electrons. The quantitative estimate of drug-likeness (QED) is 0.711. The molecule has 0 saturated carbocycles. The third-order valence-electron chi connectivity index (χ3n) is 4.16. The van der Waals surface area contributed by atoms with Crippen molar-refractivity contribution in [3.63, 3.8) is 0 Å². The van der Waals surface area contributed by atoms with E-state index >= 15 is 0 Å². The minimum absolute atomic E-state index is 0.115. The third-order valence-corrected chi connectivity index (χ3v) is 4.16. The lowest BCUT2D eigenvalue weighted by atomic mass is 9.98. The standard InChI is InChI=1S/C19H26F3N3O3/c1-19(2,3)10-28-18-17(27)24-4-5-25(18)16(26)8-12(23)6-11-7-14(21)15(22)9-13(11)20/h7,9,12,18H,4-6,8,10,23H2,1-3H3,(H,24,27)/t12-,18+/m0/s1. The molecule has 2 amide bonds. The number of halogens is 3. The van der Waals surface area contributed by atoms with E-state index in [1.807, 2.05) is 20.8 Å². The van der Waals surface area contributed by atoms with E-state index in [0.717, 1.165) is 6.07 Å². The predicted octanol–water partition coefficient (Wildman–Crippen LogP) is 1.71. The van der Waals surface area contributed by atoms with Crippen molar-refractivity contribution in [1.29, 1.82) is 0 Å². The number of rotatable bonds is 6. The van der Waals surface area contributed by atoms with Crippen LogP contribution in [0.25, 0.3) is 0 Å². The van der Waals surface area contributed by atoms with Gasteiger partial charge in [-0.05, 0) is 23.5 Å². The van der Waals surface area contributed by atoms with Crippen LogP contribution in [0.1, 0.15) is 32.8 Å². The fourth-order valence-corrected chi connectivity index (χ4v) is 2.81. The maximum atomic E-state index is 13.8. The second-order valence-corrected chi connectivity index (χ2v) is 8.13. The van der Waals surface area contributed by atoms with Gasteiger partial charge in [0, 0.05) is 31.6 Å². The van der Waals surface area contributed by atoms with Crippen LogP contribution in [0.2, 0.25) is 0 Å². The Kier molecular flexibility index (Phi) is 7.06. The van der Waals surface area contributed by atoms with E-state index < -0.39 is 41.5 Å². The van der Waals surface area contributed by atoms with Gasteiger partial charge in [0.15, 0.2) is 11.6 Å². The molecule has 0 unspecified atom stereocenters. The minimum Gasteiger partial charge on any atom is -0.350 e. The van der Waals surface area contributed by atoms with Crippen molar-refractivity contribution in [2.75, 3.05) is 19.7 Å². The first kappa shape index (κ1) is 22.2. The van der Waals surface area contributed by atoms with Crippen LogP contribution in [0.3, 0.4) is 0 Å². The van der Waals surface area contributed by atoms with Gasteiger partial charge in [-0.25, -0.2) is 13.2 Å². The van der Waals surface area contributed by atoms with Crippen molar-refractivity contribution < 1.29 is 27.5 Å². The largest absolute Gasteiger partial charge is 0.350 e. The number of amides is 2. The second kappa shape index (κ2) is 8.91. The van der Waals surface area contributed by atoms with E-state index in [4.69, 9.17) is 10.5 Å². The Morgan fingerprint density at radius 1 is 1.29 bits per heavy atom. The molecule has 2 rings (SSSR count). The Hall–Kier alpha value is -2.13. The Morgan fingerprint density at radius 3 is 2.57 bits per heavy atom. The van der Waals surface area contributed by atoms with Crippen LogP contribution in [0.15, 0.2) is 12.1 Å². The van der Waals surface area contributed by atoms with E-state index in [0.29, 0.717) is 6.07 Å². The molecule has 0 spiro atoms. The average Bonchev–Trinajstić information content (AvgIpc) is 2.57. The number of nitrogens with one attached hydrogen (secondary N) is 1. The molecule has 1 aromatic rings. The zero-order valence-corrected chi connectivity index (χ0v) is 16.2. The van der Waals surface area contributed by atoms with Gasteiger partial charge in [0.2, 0.25) is 12.1 Å². The topological polar surface area (TPSA) is 84.7 Å². The number of piperazine rings is 1. The van der Waals surface area contributed by atoms with Gasteiger partial charge in [-0.3, -0.25) is 9.59 Å². The summed E-state index contributed by atoms with van der Waals surface area (Å²) < 4.78 is 45.8. The molecule has 1 aromatic carbocycles. The van der Waals surface area contributed by atoms with E-state index in [-0.39, 0.29) is 43.5 Å². The van der Waals surface area contributed by atoms with Crippen LogP contribution in [-0.4, -0.2) is 48.7 Å². The Labute approximate surface area is 162 Å². The lowest BCUT2D eigenvalue weighted by molar-refractivity contribution is -0.167.